The summed E-state index contributed by atoms with van der Waals surface area (Å²) in [5, 5.41) is 4.04. The van der Waals surface area contributed by atoms with E-state index in [9.17, 15) is 9.59 Å². The van der Waals surface area contributed by atoms with Gasteiger partial charge in [0.05, 0.1) is 18.0 Å². The second kappa shape index (κ2) is 8.88. The van der Waals surface area contributed by atoms with Gasteiger partial charge in [-0.15, -0.1) is 11.3 Å². The lowest BCUT2D eigenvalue weighted by Gasteiger charge is -2.26. The van der Waals surface area contributed by atoms with E-state index in [1.165, 1.54) is 16.9 Å². The van der Waals surface area contributed by atoms with Gasteiger partial charge in [-0.1, -0.05) is 44.2 Å². The van der Waals surface area contributed by atoms with E-state index in [1.807, 2.05) is 25.1 Å². The quantitative estimate of drug-likeness (QED) is 0.557. The van der Waals surface area contributed by atoms with Crippen molar-refractivity contribution in [3.05, 3.63) is 62.5 Å². The predicted octanol–water partition coefficient (Wildman–Crippen LogP) is 4.52. The van der Waals surface area contributed by atoms with Gasteiger partial charge < -0.3 is 15.0 Å². The zero-order chi connectivity index (χ0) is 21.1. The summed E-state index contributed by atoms with van der Waals surface area (Å²) in [4.78, 5) is 33.5. The Morgan fingerprint density at radius 2 is 1.93 bits per heavy atom. The predicted molar refractivity (Wildman–Crippen MR) is 117 cm³/mol. The number of fused-ring (bicyclic) bond motifs is 1. The summed E-state index contributed by atoms with van der Waals surface area (Å²) in [5.74, 6) is 0.500. The van der Waals surface area contributed by atoms with Crippen LogP contribution in [0.2, 0.25) is 0 Å². The molecule has 7 heteroatoms. The van der Waals surface area contributed by atoms with Gasteiger partial charge in [-0.2, -0.15) is 0 Å². The Morgan fingerprint density at radius 3 is 2.55 bits per heavy atom. The van der Waals surface area contributed by atoms with Crippen LogP contribution in [0.4, 0.5) is 0 Å². The van der Waals surface area contributed by atoms with Gasteiger partial charge in [-0.05, 0) is 37.8 Å². The smallest absolute Gasteiger partial charge is 0.348 e. The molecule has 0 amide bonds. The number of aromatic nitrogens is 2. The van der Waals surface area contributed by atoms with Crippen molar-refractivity contribution in [2.45, 2.75) is 46.7 Å². The summed E-state index contributed by atoms with van der Waals surface area (Å²) in [5.41, 5.74) is 1.58. The average Bonchev–Trinajstić information content (AvgIpc) is 3.03. The van der Waals surface area contributed by atoms with E-state index in [1.54, 1.807) is 13.8 Å². The first-order chi connectivity index (χ1) is 13.8. The van der Waals surface area contributed by atoms with Crippen LogP contribution in [0.1, 0.15) is 66.4 Å². The zero-order valence-corrected chi connectivity index (χ0v) is 18.2. The monoisotopic (exact) mass is 413 g/mol. The molecule has 2 atom stereocenters. The van der Waals surface area contributed by atoms with E-state index < -0.39 is 5.97 Å². The summed E-state index contributed by atoms with van der Waals surface area (Å²) < 4.78 is 5.10. The molecule has 3 aromatic rings. The van der Waals surface area contributed by atoms with Gasteiger partial charge in [0, 0.05) is 6.04 Å². The molecule has 0 aliphatic rings. The molecule has 2 aromatic heterocycles. The molecule has 0 saturated heterocycles. The number of H-pyrrole nitrogens is 1. The molecule has 0 radical (unpaired) electrons. The molecule has 2 N–H and O–H groups in total. The maximum absolute atomic E-state index is 12.7. The van der Waals surface area contributed by atoms with E-state index in [0.29, 0.717) is 39.0 Å². The standard InChI is InChI=1S/C22H27N3O3S/c1-6-28-22(27)18-13(4)16-20(26)24-19(25-21(16)29-18)14(5)23-17(12(2)3)15-10-8-7-9-11-15/h7-12,14,17,23H,6H2,1-5H3,(H,24,25,26)/t14-,17-/m1/s1. The first-order valence-corrected chi connectivity index (χ1v) is 10.7. The number of hydrogen-bond donors (Lipinski definition) is 2. The lowest BCUT2D eigenvalue weighted by Crippen LogP contribution is -2.30. The molecule has 0 aliphatic carbocycles. The van der Waals surface area contributed by atoms with Crippen molar-refractivity contribution in [2.24, 2.45) is 5.92 Å². The van der Waals surface area contributed by atoms with Crippen molar-refractivity contribution in [3.63, 3.8) is 0 Å². The third kappa shape index (κ3) is 4.41. The average molecular weight is 414 g/mol. The fourth-order valence-electron chi connectivity index (χ4n) is 3.44. The van der Waals surface area contributed by atoms with Crippen LogP contribution in [0.25, 0.3) is 10.2 Å². The van der Waals surface area contributed by atoms with Gasteiger partial charge in [0.25, 0.3) is 5.56 Å². The largest absolute Gasteiger partial charge is 0.462 e. The fraction of sp³-hybridized carbons (Fsp3) is 0.409. The summed E-state index contributed by atoms with van der Waals surface area (Å²) in [7, 11) is 0. The molecule has 6 nitrogen and oxygen atoms in total. The molecule has 1 aromatic carbocycles. The Labute approximate surface area is 174 Å². The van der Waals surface area contributed by atoms with E-state index in [2.05, 4.69) is 41.3 Å². The maximum Gasteiger partial charge on any atom is 0.348 e. The minimum atomic E-state index is -0.413. The highest BCUT2D eigenvalue weighted by Gasteiger charge is 2.23. The van der Waals surface area contributed by atoms with Gasteiger partial charge in [0.15, 0.2) is 0 Å². The molecule has 0 fully saturated rings. The highest BCUT2D eigenvalue weighted by atomic mass is 32.1. The molecule has 29 heavy (non-hydrogen) atoms. The lowest BCUT2D eigenvalue weighted by molar-refractivity contribution is 0.0531. The first kappa shape index (κ1) is 21.2. The lowest BCUT2D eigenvalue weighted by atomic mass is 9.95. The Balaban J connectivity index is 1.95. The van der Waals surface area contributed by atoms with Crippen LogP contribution in [0.5, 0.6) is 0 Å². The summed E-state index contributed by atoms with van der Waals surface area (Å²) in [6, 6.07) is 10.2. The third-order valence-electron chi connectivity index (χ3n) is 4.94. The molecule has 0 bridgehead atoms. The number of nitrogens with one attached hydrogen (secondary N) is 2. The number of rotatable bonds is 7. The van der Waals surface area contributed by atoms with Crippen molar-refractivity contribution in [2.75, 3.05) is 6.61 Å². The van der Waals surface area contributed by atoms with Crippen LogP contribution in [-0.2, 0) is 4.74 Å². The van der Waals surface area contributed by atoms with Crippen LogP contribution in [0, 0.1) is 12.8 Å². The van der Waals surface area contributed by atoms with Crippen molar-refractivity contribution in [1.82, 2.24) is 15.3 Å². The number of aromatic amines is 1. The number of carbonyl (C=O) groups excluding carboxylic acids is 1. The summed E-state index contributed by atoms with van der Waals surface area (Å²) >= 11 is 1.21. The normalized spacial score (nSPS) is 13.6. The Morgan fingerprint density at radius 1 is 1.24 bits per heavy atom. The minimum Gasteiger partial charge on any atom is -0.462 e. The fourth-order valence-corrected chi connectivity index (χ4v) is 4.52. The van der Waals surface area contributed by atoms with Crippen LogP contribution >= 0.6 is 11.3 Å². The second-order valence-electron chi connectivity index (χ2n) is 7.43. The third-order valence-corrected chi connectivity index (χ3v) is 6.11. The first-order valence-electron chi connectivity index (χ1n) is 9.84. The van der Waals surface area contributed by atoms with Crippen LogP contribution in [-0.4, -0.2) is 22.5 Å². The van der Waals surface area contributed by atoms with Gasteiger partial charge >= 0.3 is 5.97 Å². The molecular formula is C22H27N3O3S. The number of thiophene rings is 1. The molecule has 0 unspecified atom stereocenters. The number of aryl methyl sites for hydroxylation is 1. The number of nitrogens with zero attached hydrogens (tertiary/aromatic N) is 1. The van der Waals surface area contributed by atoms with Crippen molar-refractivity contribution >= 4 is 27.5 Å². The SMILES string of the molecule is CCOC(=O)c1sc2nc([C@@H](C)N[C@@H](c3ccccc3)C(C)C)[nH]c(=O)c2c1C. The Hall–Kier alpha value is -2.51. The second-order valence-corrected chi connectivity index (χ2v) is 8.43. The van der Waals surface area contributed by atoms with E-state index >= 15 is 0 Å². The number of carbonyl (C=O) groups is 1. The number of esters is 1. The molecule has 2 heterocycles. The summed E-state index contributed by atoms with van der Waals surface area (Å²) in [6.45, 7) is 10.1. The molecule has 154 valence electrons. The molecule has 0 spiro atoms. The van der Waals surface area contributed by atoms with Crippen molar-refractivity contribution in [1.29, 1.82) is 0 Å². The van der Waals surface area contributed by atoms with Crippen LogP contribution < -0.4 is 10.9 Å². The van der Waals surface area contributed by atoms with Crippen LogP contribution in [0.15, 0.2) is 35.1 Å². The van der Waals surface area contributed by atoms with E-state index in [0.717, 1.165) is 0 Å². The topological polar surface area (TPSA) is 84.1 Å². The highest BCUT2D eigenvalue weighted by Crippen LogP contribution is 2.29. The molecule has 3 rings (SSSR count). The molecule has 0 saturated carbocycles. The van der Waals surface area contributed by atoms with Crippen molar-refractivity contribution < 1.29 is 9.53 Å². The van der Waals surface area contributed by atoms with Gasteiger partial charge in [0.1, 0.15) is 15.5 Å². The van der Waals surface area contributed by atoms with E-state index in [4.69, 9.17) is 4.74 Å². The Bertz CT molecular complexity index is 1060. The zero-order valence-electron chi connectivity index (χ0n) is 17.4. The highest BCUT2D eigenvalue weighted by molar-refractivity contribution is 7.20. The van der Waals surface area contributed by atoms with E-state index in [-0.39, 0.29) is 17.6 Å². The number of hydrogen-bond acceptors (Lipinski definition) is 6. The van der Waals surface area contributed by atoms with Crippen molar-refractivity contribution in [3.8, 4) is 0 Å². The molecular weight excluding hydrogens is 386 g/mol. The number of benzene rings is 1. The van der Waals surface area contributed by atoms with Gasteiger partial charge in [0.2, 0.25) is 0 Å². The molecule has 0 aliphatic heterocycles. The maximum atomic E-state index is 12.7. The van der Waals surface area contributed by atoms with Gasteiger partial charge in [-0.3, -0.25) is 4.79 Å². The summed E-state index contributed by atoms with van der Waals surface area (Å²) in [6.07, 6.45) is 0. The number of ether oxygens (including phenoxy) is 1. The van der Waals surface area contributed by atoms with Crippen LogP contribution in [0.3, 0.4) is 0 Å². The van der Waals surface area contributed by atoms with Gasteiger partial charge in [-0.25, -0.2) is 9.78 Å². The minimum absolute atomic E-state index is 0.118. The Kier molecular flexibility index (Phi) is 6.49.